The van der Waals surface area contributed by atoms with Crippen LogP contribution in [0.4, 0.5) is 0 Å². The Morgan fingerprint density at radius 2 is 2.00 bits per heavy atom. The molecule has 1 rings (SSSR count). The van der Waals surface area contributed by atoms with E-state index in [0.29, 0.717) is 24.5 Å². The van der Waals surface area contributed by atoms with Gasteiger partial charge in [0.25, 0.3) is 0 Å². The number of nitrogens with one attached hydrogen (secondary N) is 1. The highest BCUT2D eigenvalue weighted by molar-refractivity contribution is 5.67. The van der Waals surface area contributed by atoms with Gasteiger partial charge >= 0.3 is 5.97 Å². The van der Waals surface area contributed by atoms with Crippen LogP contribution in [0.5, 0.6) is 11.5 Å². The van der Waals surface area contributed by atoms with Crippen LogP contribution in [0.2, 0.25) is 0 Å². The molecule has 3 N–H and O–H groups in total. The molecule has 1 aromatic carbocycles. The Morgan fingerprint density at radius 3 is 2.55 bits per heavy atom. The third kappa shape index (κ3) is 5.07. The van der Waals surface area contributed by atoms with Crippen LogP contribution >= 0.6 is 0 Å². The molecule has 1 unspecified atom stereocenters. The summed E-state index contributed by atoms with van der Waals surface area (Å²) in [6.45, 7) is 0.341. The Hall–Kier alpha value is -1.79. The predicted octanol–water partition coefficient (Wildman–Crippen LogP) is 0.671. The van der Waals surface area contributed by atoms with E-state index in [2.05, 4.69) is 5.32 Å². The number of carbonyl (C=O) groups is 1. The molecule has 1 atom stereocenters. The highest BCUT2D eigenvalue weighted by Crippen LogP contribution is 2.28. The Labute approximate surface area is 118 Å². The molecule has 0 aromatic heterocycles. The van der Waals surface area contributed by atoms with Gasteiger partial charge in [0.05, 0.1) is 27.2 Å². The minimum absolute atomic E-state index is 0.00561. The molecule has 0 heterocycles. The molecule has 0 aliphatic carbocycles. The quantitative estimate of drug-likeness (QED) is 0.617. The lowest BCUT2D eigenvalue weighted by atomic mass is 10.0. The van der Waals surface area contributed by atoms with Crippen LogP contribution < -0.4 is 14.8 Å². The van der Waals surface area contributed by atoms with Crippen molar-refractivity contribution < 1.29 is 24.5 Å². The summed E-state index contributed by atoms with van der Waals surface area (Å²) in [5, 5.41) is 20.7. The molecule has 0 radical (unpaired) electrons. The number of aliphatic hydroxyl groups is 1. The fraction of sp³-hybridized carbons (Fsp3) is 0.500. The van der Waals surface area contributed by atoms with Crippen molar-refractivity contribution in [2.45, 2.75) is 18.9 Å². The summed E-state index contributed by atoms with van der Waals surface area (Å²) < 4.78 is 10.4. The summed E-state index contributed by atoms with van der Waals surface area (Å²) in [5.41, 5.74) is 0.944. The smallest absolute Gasteiger partial charge is 0.304 e. The second-order valence-electron chi connectivity index (χ2n) is 4.37. The number of carboxylic acid groups (broad SMARTS) is 1. The monoisotopic (exact) mass is 283 g/mol. The van der Waals surface area contributed by atoms with E-state index >= 15 is 0 Å². The molecule has 20 heavy (non-hydrogen) atoms. The van der Waals surface area contributed by atoms with Gasteiger partial charge in [0.2, 0.25) is 0 Å². The minimum atomic E-state index is -0.874. The Kier molecular flexibility index (Phi) is 6.83. The molecule has 0 amide bonds. The highest BCUT2D eigenvalue weighted by Gasteiger charge is 2.14. The zero-order chi connectivity index (χ0) is 15.0. The molecule has 0 fully saturated rings. The number of aliphatic carboxylic acids is 1. The third-order valence-corrected chi connectivity index (χ3v) is 2.90. The minimum Gasteiger partial charge on any atom is -0.493 e. The van der Waals surface area contributed by atoms with E-state index in [4.69, 9.17) is 19.7 Å². The van der Waals surface area contributed by atoms with Crippen molar-refractivity contribution in [3.8, 4) is 11.5 Å². The Bertz CT molecular complexity index is 436. The van der Waals surface area contributed by atoms with Crippen LogP contribution in [0, 0.1) is 0 Å². The number of rotatable bonds is 9. The molecule has 0 bridgehead atoms. The van der Waals surface area contributed by atoms with Crippen LogP contribution in [-0.2, 0) is 11.2 Å². The number of hydrogen-bond acceptors (Lipinski definition) is 5. The first kappa shape index (κ1) is 16.3. The van der Waals surface area contributed by atoms with Gasteiger partial charge in [-0.15, -0.1) is 0 Å². The van der Waals surface area contributed by atoms with Gasteiger partial charge in [-0.2, -0.15) is 0 Å². The molecule has 6 heteroatoms. The van der Waals surface area contributed by atoms with Gasteiger partial charge in [0, 0.05) is 12.6 Å². The SMILES string of the molecule is COc1ccc(CC(CC(=O)O)NCCO)cc1OC. The number of aliphatic hydroxyl groups excluding tert-OH is 1. The van der Waals surface area contributed by atoms with Crippen molar-refractivity contribution in [1.29, 1.82) is 0 Å². The maximum absolute atomic E-state index is 10.8. The van der Waals surface area contributed by atoms with Crippen LogP contribution in [0.3, 0.4) is 0 Å². The van der Waals surface area contributed by atoms with Gasteiger partial charge in [-0.1, -0.05) is 6.07 Å². The van der Waals surface area contributed by atoms with Gasteiger partial charge < -0.3 is 25.0 Å². The standard InChI is InChI=1S/C14H21NO5/c1-19-12-4-3-10(8-13(12)20-2)7-11(9-14(17)18)15-5-6-16/h3-4,8,11,15-16H,5-7,9H2,1-2H3,(H,17,18). The maximum atomic E-state index is 10.8. The largest absolute Gasteiger partial charge is 0.493 e. The number of benzene rings is 1. The number of ether oxygens (including phenoxy) is 2. The van der Waals surface area contributed by atoms with E-state index in [-0.39, 0.29) is 19.1 Å². The maximum Gasteiger partial charge on any atom is 0.304 e. The first-order valence-corrected chi connectivity index (χ1v) is 6.37. The molecule has 0 aliphatic heterocycles. The normalized spacial score (nSPS) is 11.9. The van der Waals surface area contributed by atoms with Crippen molar-refractivity contribution in [2.24, 2.45) is 0 Å². The molecule has 0 aliphatic rings. The van der Waals surface area contributed by atoms with E-state index in [0.717, 1.165) is 5.56 Å². The Morgan fingerprint density at radius 1 is 1.30 bits per heavy atom. The average molecular weight is 283 g/mol. The molecule has 1 aromatic rings. The van der Waals surface area contributed by atoms with Crippen LogP contribution in [0.1, 0.15) is 12.0 Å². The van der Waals surface area contributed by atoms with E-state index in [1.165, 1.54) is 0 Å². The summed E-state index contributed by atoms with van der Waals surface area (Å²) in [5.74, 6) is 0.372. The second-order valence-corrected chi connectivity index (χ2v) is 4.37. The first-order chi connectivity index (χ1) is 9.60. The summed E-state index contributed by atoms with van der Waals surface area (Å²) in [6.07, 6.45) is 0.529. The lowest BCUT2D eigenvalue weighted by molar-refractivity contribution is -0.137. The highest BCUT2D eigenvalue weighted by atomic mass is 16.5. The number of methoxy groups -OCH3 is 2. The number of carboxylic acids is 1. The number of hydrogen-bond donors (Lipinski definition) is 3. The van der Waals surface area contributed by atoms with Crippen molar-refractivity contribution in [2.75, 3.05) is 27.4 Å². The van der Waals surface area contributed by atoms with Crippen LogP contribution in [-0.4, -0.2) is 49.6 Å². The molecular weight excluding hydrogens is 262 g/mol. The van der Waals surface area contributed by atoms with Gasteiger partial charge in [0.15, 0.2) is 11.5 Å². The summed E-state index contributed by atoms with van der Waals surface area (Å²) in [6, 6.07) is 5.25. The van der Waals surface area contributed by atoms with E-state index in [1.54, 1.807) is 20.3 Å². The second kappa shape index (κ2) is 8.39. The van der Waals surface area contributed by atoms with Gasteiger partial charge in [0.1, 0.15) is 0 Å². The molecule has 6 nitrogen and oxygen atoms in total. The van der Waals surface area contributed by atoms with Crippen molar-refractivity contribution in [3.05, 3.63) is 23.8 Å². The summed E-state index contributed by atoms with van der Waals surface area (Å²) in [7, 11) is 3.12. The molecule has 0 saturated carbocycles. The summed E-state index contributed by atoms with van der Waals surface area (Å²) >= 11 is 0. The lowest BCUT2D eigenvalue weighted by Gasteiger charge is -2.17. The van der Waals surface area contributed by atoms with E-state index in [1.807, 2.05) is 12.1 Å². The van der Waals surface area contributed by atoms with E-state index in [9.17, 15) is 4.79 Å². The van der Waals surface area contributed by atoms with Crippen molar-refractivity contribution in [3.63, 3.8) is 0 Å². The predicted molar refractivity (Wildman–Crippen MR) is 74.4 cm³/mol. The Balaban J connectivity index is 2.78. The van der Waals surface area contributed by atoms with Crippen molar-refractivity contribution in [1.82, 2.24) is 5.32 Å². The zero-order valence-corrected chi connectivity index (χ0v) is 11.8. The molecule has 0 saturated heterocycles. The van der Waals surface area contributed by atoms with Gasteiger partial charge in [-0.25, -0.2) is 0 Å². The average Bonchev–Trinajstić information content (AvgIpc) is 2.44. The van der Waals surface area contributed by atoms with Crippen molar-refractivity contribution >= 4 is 5.97 Å². The first-order valence-electron chi connectivity index (χ1n) is 6.37. The van der Waals surface area contributed by atoms with Gasteiger partial charge in [-0.05, 0) is 24.1 Å². The van der Waals surface area contributed by atoms with Gasteiger partial charge in [-0.3, -0.25) is 4.79 Å². The lowest BCUT2D eigenvalue weighted by Crippen LogP contribution is -2.35. The third-order valence-electron chi connectivity index (χ3n) is 2.90. The molecule has 112 valence electrons. The van der Waals surface area contributed by atoms with Crippen LogP contribution in [0.15, 0.2) is 18.2 Å². The molecular formula is C14H21NO5. The zero-order valence-electron chi connectivity index (χ0n) is 11.8. The van der Waals surface area contributed by atoms with Crippen LogP contribution in [0.25, 0.3) is 0 Å². The topological polar surface area (TPSA) is 88.0 Å². The fourth-order valence-electron chi connectivity index (χ4n) is 1.99. The van der Waals surface area contributed by atoms with E-state index < -0.39 is 5.97 Å². The molecule has 0 spiro atoms. The summed E-state index contributed by atoms with van der Waals surface area (Å²) in [4.78, 5) is 10.8. The fourth-order valence-corrected chi connectivity index (χ4v) is 1.99.